The van der Waals surface area contributed by atoms with E-state index < -0.39 is 0 Å². The maximum absolute atomic E-state index is 13.0. The van der Waals surface area contributed by atoms with Gasteiger partial charge in [0.25, 0.3) is 11.8 Å². The van der Waals surface area contributed by atoms with Gasteiger partial charge in [0.2, 0.25) is 0 Å². The minimum Gasteiger partial charge on any atom is -0.491 e. The molecule has 1 aliphatic heterocycles. The number of hydrogen-bond donors (Lipinski definition) is 1. The van der Waals surface area contributed by atoms with Crippen molar-refractivity contribution in [1.29, 1.82) is 0 Å². The molecule has 0 spiro atoms. The zero-order valence-electron chi connectivity index (χ0n) is 16.7. The zero-order chi connectivity index (χ0) is 20.3. The minimum atomic E-state index is -0.292. The average Bonchev–Trinajstić information content (AvgIpc) is 2.87. The summed E-state index contributed by atoms with van der Waals surface area (Å²) in [5.41, 5.74) is 2.18. The highest BCUT2D eigenvalue weighted by Crippen LogP contribution is 2.31. The molecule has 0 bridgehead atoms. The van der Waals surface area contributed by atoms with Crippen molar-refractivity contribution in [2.24, 2.45) is 5.92 Å². The monoisotopic (exact) mass is 378 g/mol. The van der Waals surface area contributed by atoms with Crippen molar-refractivity contribution in [3.63, 3.8) is 0 Å². The largest absolute Gasteiger partial charge is 0.491 e. The normalized spacial score (nSPS) is 14.4. The summed E-state index contributed by atoms with van der Waals surface area (Å²) in [5, 5.41) is 3.17. The van der Waals surface area contributed by atoms with Gasteiger partial charge < -0.3 is 10.1 Å². The topological polar surface area (TPSA) is 58.6 Å². The molecule has 146 valence electrons. The molecule has 0 saturated heterocycles. The van der Waals surface area contributed by atoms with Crippen molar-refractivity contribution in [1.82, 2.24) is 4.90 Å². The lowest BCUT2D eigenvalue weighted by molar-refractivity contribution is -0.137. The van der Waals surface area contributed by atoms with E-state index in [2.05, 4.69) is 5.32 Å². The highest BCUT2D eigenvalue weighted by atomic mass is 16.5. The second-order valence-electron chi connectivity index (χ2n) is 7.55. The molecule has 0 aliphatic carbocycles. The molecule has 2 aromatic rings. The molecule has 0 fully saturated rings. The third kappa shape index (κ3) is 4.25. The number of nitrogens with zero attached hydrogens (tertiary/aromatic N) is 1. The maximum Gasteiger partial charge on any atom is 0.278 e. The molecule has 1 N–H and O–H groups in total. The summed E-state index contributed by atoms with van der Waals surface area (Å²) >= 11 is 0. The van der Waals surface area contributed by atoms with E-state index in [0.29, 0.717) is 17.8 Å². The molecule has 2 aromatic carbocycles. The SMILES string of the molecule is CC(C)CN1C(=O)C(Nc2ccc(OC(C)C)cc2)=C(c2ccccc2)C1=O. The third-order valence-corrected chi connectivity index (χ3v) is 4.27. The molecule has 28 heavy (non-hydrogen) atoms. The number of ether oxygens (including phenoxy) is 1. The van der Waals surface area contributed by atoms with E-state index in [1.165, 1.54) is 4.90 Å². The third-order valence-electron chi connectivity index (χ3n) is 4.27. The highest BCUT2D eigenvalue weighted by Gasteiger charge is 2.39. The fraction of sp³-hybridized carbons (Fsp3) is 0.304. The number of nitrogens with one attached hydrogen (secondary N) is 1. The van der Waals surface area contributed by atoms with Crippen LogP contribution < -0.4 is 10.1 Å². The molecule has 5 nitrogen and oxygen atoms in total. The summed E-state index contributed by atoms with van der Waals surface area (Å²) in [6, 6.07) is 16.7. The fourth-order valence-corrected chi connectivity index (χ4v) is 3.13. The van der Waals surface area contributed by atoms with Crippen molar-refractivity contribution in [3.05, 3.63) is 65.9 Å². The lowest BCUT2D eigenvalue weighted by Gasteiger charge is -2.17. The van der Waals surface area contributed by atoms with Crippen LogP contribution in [0.4, 0.5) is 5.69 Å². The van der Waals surface area contributed by atoms with Crippen LogP contribution in [0, 0.1) is 5.92 Å². The van der Waals surface area contributed by atoms with Crippen LogP contribution in [0.15, 0.2) is 60.3 Å². The van der Waals surface area contributed by atoms with Gasteiger partial charge in [0.15, 0.2) is 0 Å². The van der Waals surface area contributed by atoms with Gasteiger partial charge in [0.1, 0.15) is 11.4 Å². The molecular weight excluding hydrogens is 352 g/mol. The van der Waals surface area contributed by atoms with Gasteiger partial charge in [-0.25, -0.2) is 0 Å². The van der Waals surface area contributed by atoms with Crippen molar-refractivity contribution >= 4 is 23.1 Å². The molecule has 0 atom stereocenters. The summed E-state index contributed by atoms with van der Waals surface area (Å²) in [5.74, 6) is 0.400. The summed E-state index contributed by atoms with van der Waals surface area (Å²) in [7, 11) is 0. The van der Waals surface area contributed by atoms with E-state index in [1.807, 2.05) is 82.3 Å². The standard InChI is InChI=1S/C23H26N2O3/c1-15(2)14-25-22(26)20(17-8-6-5-7-9-17)21(23(25)27)24-18-10-12-19(13-11-18)28-16(3)4/h5-13,15-16,24H,14H2,1-4H3. The fourth-order valence-electron chi connectivity index (χ4n) is 3.13. The molecule has 0 radical (unpaired) electrons. The predicted molar refractivity (Wildman–Crippen MR) is 111 cm³/mol. The van der Waals surface area contributed by atoms with Crippen molar-refractivity contribution in [3.8, 4) is 5.75 Å². The Hall–Kier alpha value is -3.08. The molecular formula is C23H26N2O3. The smallest absolute Gasteiger partial charge is 0.278 e. The van der Waals surface area contributed by atoms with Gasteiger partial charge in [-0.3, -0.25) is 14.5 Å². The first-order valence-electron chi connectivity index (χ1n) is 9.56. The van der Waals surface area contributed by atoms with Gasteiger partial charge in [0.05, 0.1) is 11.7 Å². The van der Waals surface area contributed by atoms with Crippen LogP contribution in [0.3, 0.4) is 0 Å². The van der Waals surface area contributed by atoms with Crippen LogP contribution in [-0.2, 0) is 9.59 Å². The first-order valence-corrected chi connectivity index (χ1v) is 9.56. The highest BCUT2D eigenvalue weighted by molar-refractivity contribution is 6.36. The van der Waals surface area contributed by atoms with Gasteiger partial charge >= 0.3 is 0 Å². The van der Waals surface area contributed by atoms with Crippen LogP contribution in [0.1, 0.15) is 33.3 Å². The number of carbonyl (C=O) groups excluding carboxylic acids is 2. The molecule has 3 rings (SSSR count). The summed E-state index contributed by atoms with van der Waals surface area (Å²) in [4.78, 5) is 27.4. The second kappa shape index (κ2) is 8.30. The van der Waals surface area contributed by atoms with E-state index in [0.717, 1.165) is 17.0 Å². The van der Waals surface area contributed by atoms with Crippen LogP contribution >= 0.6 is 0 Å². The van der Waals surface area contributed by atoms with Gasteiger partial charge in [-0.2, -0.15) is 0 Å². The van der Waals surface area contributed by atoms with E-state index in [4.69, 9.17) is 4.74 Å². The Morgan fingerprint density at radius 3 is 2.11 bits per heavy atom. The van der Waals surface area contributed by atoms with E-state index in [-0.39, 0.29) is 23.8 Å². The summed E-state index contributed by atoms with van der Waals surface area (Å²) < 4.78 is 5.66. The number of hydrogen-bond acceptors (Lipinski definition) is 4. The Balaban J connectivity index is 1.95. The second-order valence-corrected chi connectivity index (χ2v) is 7.55. The first-order chi connectivity index (χ1) is 13.4. The number of benzene rings is 2. The van der Waals surface area contributed by atoms with Gasteiger partial charge in [-0.15, -0.1) is 0 Å². The molecule has 5 heteroatoms. The minimum absolute atomic E-state index is 0.0878. The predicted octanol–water partition coefficient (Wildman–Crippen LogP) is 4.32. The van der Waals surface area contributed by atoms with Gasteiger partial charge in [-0.1, -0.05) is 44.2 Å². The molecule has 0 saturated carbocycles. The lowest BCUT2D eigenvalue weighted by Crippen LogP contribution is -2.35. The Kier molecular flexibility index (Phi) is 5.83. The van der Waals surface area contributed by atoms with Crippen molar-refractivity contribution < 1.29 is 14.3 Å². The maximum atomic E-state index is 13.0. The van der Waals surface area contributed by atoms with Crippen molar-refractivity contribution in [2.75, 3.05) is 11.9 Å². The Morgan fingerprint density at radius 2 is 1.54 bits per heavy atom. The average molecular weight is 378 g/mol. The van der Waals surface area contributed by atoms with Crippen LogP contribution in [0.5, 0.6) is 5.75 Å². The van der Waals surface area contributed by atoms with Gasteiger partial charge in [0, 0.05) is 12.2 Å². The first kappa shape index (κ1) is 19.7. The molecule has 0 unspecified atom stereocenters. The number of anilines is 1. The summed E-state index contributed by atoms with van der Waals surface area (Å²) in [6.45, 7) is 8.30. The van der Waals surface area contributed by atoms with E-state index in [9.17, 15) is 9.59 Å². The molecule has 2 amide bonds. The van der Waals surface area contributed by atoms with Crippen molar-refractivity contribution in [2.45, 2.75) is 33.8 Å². The lowest BCUT2D eigenvalue weighted by atomic mass is 10.0. The van der Waals surface area contributed by atoms with E-state index >= 15 is 0 Å². The van der Waals surface area contributed by atoms with Crippen LogP contribution in [0.25, 0.3) is 5.57 Å². The Morgan fingerprint density at radius 1 is 0.893 bits per heavy atom. The number of rotatable bonds is 7. The quantitative estimate of drug-likeness (QED) is 0.729. The Labute approximate surface area is 166 Å². The summed E-state index contributed by atoms with van der Waals surface area (Å²) in [6.07, 6.45) is 0.0878. The molecule has 1 heterocycles. The van der Waals surface area contributed by atoms with Crippen LogP contribution in [0.2, 0.25) is 0 Å². The van der Waals surface area contributed by atoms with Crippen LogP contribution in [-0.4, -0.2) is 29.4 Å². The number of carbonyl (C=O) groups is 2. The Bertz CT molecular complexity index is 884. The van der Waals surface area contributed by atoms with E-state index in [1.54, 1.807) is 0 Å². The zero-order valence-corrected chi connectivity index (χ0v) is 16.7. The molecule has 0 aromatic heterocycles. The molecule has 1 aliphatic rings. The number of amides is 2. The number of imide groups is 1. The van der Waals surface area contributed by atoms with Gasteiger partial charge in [-0.05, 0) is 49.6 Å².